The second-order valence-corrected chi connectivity index (χ2v) is 4.53. The Kier molecular flexibility index (Phi) is 4.06. The Balaban J connectivity index is 2.18. The summed E-state index contributed by atoms with van der Waals surface area (Å²) in [7, 11) is 1.34. The van der Waals surface area contributed by atoms with Gasteiger partial charge in [-0.05, 0) is 6.92 Å². The van der Waals surface area contributed by atoms with Crippen molar-refractivity contribution in [3.63, 3.8) is 0 Å². The monoisotopic (exact) mass is 283 g/mol. The normalized spacial score (nSPS) is 10.9. The summed E-state index contributed by atoms with van der Waals surface area (Å²) in [6.45, 7) is 1.86. The molecular formula is C12H11F2N3OS. The van der Waals surface area contributed by atoms with E-state index in [1.165, 1.54) is 24.7 Å². The summed E-state index contributed by atoms with van der Waals surface area (Å²) in [5, 5.41) is 6.31. The number of hydrogen-bond acceptors (Lipinski definition) is 5. The third kappa shape index (κ3) is 3.25. The van der Waals surface area contributed by atoms with Crippen LogP contribution >= 0.6 is 11.3 Å². The van der Waals surface area contributed by atoms with Gasteiger partial charge < -0.3 is 4.74 Å². The van der Waals surface area contributed by atoms with Gasteiger partial charge in [0.2, 0.25) is 5.13 Å². The summed E-state index contributed by atoms with van der Waals surface area (Å²) in [5.74, 6) is -1.36. The molecule has 7 heteroatoms. The minimum absolute atomic E-state index is 0.0738. The first-order valence-corrected chi connectivity index (χ1v) is 6.22. The molecule has 2 aromatic rings. The van der Waals surface area contributed by atoms with Crippen molar-refractivity contribution >= 4 is 22.7 Å². The van der Waals surface area contributed by atoms with E-state index < -0.39 is 11.6 Å². The van der Waals surface area contributed by atoms with Crippen LogP contribution in [0.1, 0.15) is 11.3 Å². The molecule has 0 radical (unpaired) electrons. The van der Waals surface area contributed by atoms with Crippen molar-refractivity contribution in [1.82, 2.24) is 4.98 Å². The Labute approximate surface area is 112 Å². The number of nitrogens with zero attached hydrogens (tertiary/aromatic N) is 2. The van der Waals surface area contributed by atoms with E-state index in [2.05, 4.69) is 15.5 Å². The van der Waals surface area contributed by atoms with Gasteiger partial charge >= 0.3 is 0 Å². The fourth-order valence-electron chi connectivity index (χ4n) is 1.41. The lowest BCUT2D eigenvalue weighted by molar-refractivity contribution is 0.406. The molecule has 0 saturated carbocycles. The lowest BCUT2D eigenvalue weighted by Gasteiger charge is -2.05. The highest BCUT2D eigenvalue weighted by Gasteiger charge is 2.10. The molecule has 0 unspecified atom stereocenters. The predicted molar refractivity (Wildman–Crippen MR) is 71.0 cm³/mol. The summed E-state index contributed by atoms with van der Waals surface area (Å²) in [6, 6.07) is 1.87. The zero-order valence-electron chi connectivity index (χ0n) is 10.3. The molecule has 0 saturated heterocycles. The van der Waals surface area contributed by atoms with Crippen molar-refractivity contribution in [3.05, 3.63) is 40.4 Å². The average Bonchev–Trinajstić information content (AvgIpc) is 2.77. The number of ether oxygens (including phenoxy) is 1. The molecular weight excluding hydrogens is 272 g/mol. The molecule has 0 spiro atoms. The highest BCUT2D eigenvalue weighted by Crippen LogP contribution is 2.21. The first kappa shape index (κ1) is 13.4. The lowest BCUT2D eigenvalue weighted by Crippen LogP contribution is -1.98. The molecule has 0 atom stereocenters. The second-order valence-electron chi connectivity index (χ2n) is 3.67. The lowest BCUT2D eigenvalue weighted by atomic mass is 10.2. The highest BCUT2D eigenvalue weighted by molar-refractivity contribution is 7.13. The molecule has 1 heterocycles. The van der Waals surface area contributed by atoms with Crippen molar-refractivity contribution < 1.29 is 13.5 Å². The number of methoxy groups -OCH3 is 1. The van der Waals surface area contributed by atoms with Crippen molar-refractivity contribution in [3.8, 4) is 5.75 Å². The number of rotatable bonds is 4. The Hall–Kier alpha value is -2.02. The first-order valence-electron chi connectivity index (χ1n) is 5.34. The maximum absolute atomic E-state index is 13.6. The first-order chi connectivity index (χ1) is 9.10. The fraction of sp³-hybridized carbons (Fsp3) is 0.167. The molecule has 1 N–H and O–H groups in total. The molecule has 0 amide bonds. The molecule has 0 fully saturated rings. The summed E-state index contributed by atoms with van der Waals surface area (Å²) in [4.78, 5) is 4.13. The van der Waals surface area contributed by atoms with Gasteiger partial charge in [-0.25, -0.2) is 13.8 Å². The smallest absolute Gasteiger partial charge is 0.203 e. The zero-order chi connectivity index (χ0) is 13.8. The number of anilines is 1. The molecule has 4 nitrogen and oxygen atoms in total. The average molecular weight is 283 g/mol. The van der Waals surface area contributed by atoms with Crippen LogP contribution in [0.4, 0.5) is 13.9 Å². The van der Waals surface area contributed by atoms with Gasteiger partial charge in [0.05, 0.1) is 24.6 Å². The Morgan fingerprint density at radius 3 is 2.84 bits per heavy atom. The predicted octanol–water partition coefficient (Wildman–Crippen LogP) is 3.18. The Morgan fingerprint density at radius 2 is 2.21 bits per heavy atom. The topological polar surface area (TPSA) is 46.5 Å². The Morgan fingerprint density at radius 1 is 1.42 bits per heavy atom. The molecule has 0 bridgehead atoms. The number of halogens is 2. The zero-order valence-corrected chi connectivity index (χ0v) is 11.1. The maximum atomic E-state index is 13.6. The number of aryl methyl sites for hydroxylation is 1. The molecule has 0 aliphatic carbocycles. The molecule has 0 aliphatic heterocycles. The number of hydrogen-bond donors (Lipinski definition) is 1. The third-order valence-electron chi connectivity index (χ3n) is 2.25. The van der Waals surface area contributed by atoms with Crippen LogP contribution < -0.4 is 10.2 Å². The highest BCUT2D eigenvalue weighted by atomic mass is 32.1. The van der Waals surface area contributed by atoms with E-state index >= 15 is 0 Å². The van der Waals surface area contributed by atoms with Crippen molar-refractivity contribution in [2.75, 3.05) is 12.5 Å². The van der Waals surface area contributed by atoms with Crippen LogP contribution in [0.5, 0.6) is 5.75 Å². The number of benzene rings is 1. The molecule has 100 valence electrons. The summed E-state index contributed by atoms with van der Waals surface area (Å²) in [5.41, 5.74) is 3.61. The van der Waals surface area contributed by atoms with E-state index in [0.29, 0.717) is 5.13 Å². The molecule has 2 rings (SSSR count). The van der Waals surface area contributed by atoms with Gasteiger partial charge in [0.25, 0.3) is 0 Å². The van der Waals surface area contributed by atoms with Crippen molar-refractivity contribution in [2.45, 2.75) is 6.92 Å². The van der Waals surface area contributed by atoms with E-state index in [1.807, 2.05) is 12.3 Å². The van der Waals surface area contributed by atoms with Crippen LogP contribution in [0, 0.1) is 18.6 Å². The van der Waals surface area contributed by atoms with Crippen molar-refractivity contribution in [2.24, 2.45) is 5.10 Å². The van der Waals surface area contributed by atoms with Crippen LogP contribution in [0.3, 0.4) is 0 Å². The minimum Gasteiger partial charge on any atom is -0.496 e. The van der Waals surface area contributed by atoms with Gasteiger partial charge in [0.15, 0.2) is 0 Å². The van der Waals surface area contributed by atoms with Gasteiger partial charge in [-0.2, -0.15) is 5.10 Å². The third-order valence-corrected chi connectivity index (χ3v) is 3.11. The van der Waals surface area contributed by atoms with Gasteiger partial charge in [-0.1, -0.05) is 0 Å². The van der Waals surface area contributed by atoms with Crippen LogP contribution in [0.25, 0.3) is 0 Å². The quantitative estimate of drug-likeness (QED) is 0.692. The standard InChI is InChI=1S/C12H11F2N3OS/c1-7-6-19-12(16-7)17-15-5-9-10(14)3-8(13)4-11(9)18-2/h3-6H,1-2H3,(H,16,17). The summed E-state index contributed by atoms with van der Waals surface area (Å²) >= 11 is 1.38. The largest absolute Gasteiger partial charge is 0.496 e. The minimum atomic E-state index is -0.738. The molecule has 1 aromatic heterocycles. The fourth-order valence-corrected chi connectivity index (χ4v) is 2.05. The summed E-state index contributed by atoms with van der Waals surface area (Å²) in [6.07, 6.45) is 1.23. The van der Waals surface area contributed by atoms with E-state index in [1.54, 1.807) is 0 Å². The molecule has 0 aliphatic rings. The summed E-state index contributed by atoms with van der Waals surface area (Å²) < 4.78 is 31.5. The SMILES string of the molecule is COc1cc(F)cc(F)c1C=NNc1nc(C)cs1. The van der Waals surface area contributed by atoms with E-state index in [0.717, 1.165) is 17.8 Å². The van der Waals surface area contributed by atoms with E-state index in [-0.39, 0.29) is 11.3 Å². The van der Waals surface area contributed by atoms with Crippen molar-refractivity contribution in [1.29, 1.82) is 0 Å². The van der Waals surface area contributed by atoms with Gasteiger partial charge in [-0.15, -0.1) is 11.3 Å². The molecule has 19 heavy (non-hydrogen) atoms. The number of nitrogens with one attached hydrogen (secondary N) is 1. The van der Waals surface area contributed by atoms with Gasteiger partial charge in [-0.3, -0.25) is 5.43 Å². The Bertz CT molecular complexity index is 613. The molecule has 1 aromatic carbocycles. The maximum Gasteiger partial charge on any atom is 0.203 e. The van der Waals surface area contributed by atoms with E-state index in [4.69, 9.17) is 4.74 Å². The van der Waals surface area contributed by atoms with Crippen LogP contribution in [0.15, 0.2) is 22.6 Å². The number of hydrazone groups is 1. The second kappa shape index (κ2) is 5.75. The number of aromatic nitrogens is 1. The number of thiazole rings is 1. The van der Waals surface area contributed by atoms with Gasteiger partial charge in [0.1, 0.15) is 17.4 Å². The van der Waals surface area contributed by atoms with Crippen LogP contribution in [0.2, 0.25) is 0 Å². The van der Waals surface area contributed by atoms with Crippen LogP contribution in [-0.4, -0.2) is 18.3 Å². The van der Waals surface area contributed by atoms with Crippen LogP contribution in [-0.2, 0) is 0 Å². The van der Waals surface area contributed by atoms with E-state index in [9.17, 15) is 8.78 Å². The van der Waals surface area contributed by atoms with Gasteiger partial charge in [0, 0.05) is 17.5 Å².